The maximum Gasteiger partial charge on any atom is 0.340 e. The number of carbonyl (C=O) groups excluding carboxylic acids is 1. The van der Waals surface area contributed by atoms with Gasteiger partial charge in [0, 0.05) is 6.20 Å². The predicted molar refractivity (Wildman–Crippen MR) is 68.2 cm³/mol. The summed E-state index contributed by atoms with van der Waals surface area (Å²) in [5.41, 5.74) is 1.41. The van der Waals surface area contributed by atoms with Crippen molar-refractivity contribution < 1.29 is 9.53 Å². The molecule has 0 aliphatic heterocycles. The van der Waals surface area contributed by atoms with Gasteiger partial charge in [-0.1, -0.05) is 0 Å². The standard InChI is InChI=1S/C13H13N3O3/c1-4-19-13(18)10-7(2)11-12(17)9(5-14)6-15-16(11)8(10)3/h6,15H,4H2,1-3H3. The quantitative estimate of drug-likeness (QED) is 0.823. The highest BCUT2D eigenvalue weighted by molar-refractivity contribution is 5.95. The third kappa shape index (κ3) is 1.80. The summed E-state index contributed by atoms with van der Waals surface area (Å²) in [6.07, 6.45) is 1.33. The minimum absolute atomic E-state index is 0.0171. The van der Waals surface area contributed by atoms with Crippen LogP contribution < -0.4 is 5.43 Å². The Bertz CT molecular complexity index is 762. The fraction of sp³-hybridized carbons (Fsp3) is 0.308. The second-order valence-electron chi connectivity index (χ2n) is 4.12. The molecule has 0 bridgehead atoms. The van der Waals surface area contributed by atoms with E-state index < -0.39 is 11.4 Å². The highest BCUT2D eigenvalue weighted by Crippen LogP contribution is 2.20. The van der Waals surface area contributed by atoms with Crippen molar-refractivity contribution in [3.63, 3.8) is 0 Å². The predicted octanol–water partition coefficient (Wildman–Crippen LogP) is 1.29. The van der Waals surface area contributed by atoms with Gasteiger partial charge in [-0.15, -0.1) is 0 Å². The zero-order valence-electron chi connectivity index (χ0n) is 10.9. The van der Waals surface area contributed by atoms with Crippen LogP contribution in [0.2, 0.25) is 0 Å². The molecule has 0 aliphatic carbocycles. The highest BCUT2D eigenvalue weighted by atomic mass is 16.5. The molecule has 0 atom stereocenters. The molecule has 0 saturated heterocycles. The number of fused-ring (bicyclic) bond motifs is 1. The number of aromatic amines is 1. The molecule has 0 radical (unpaired) electrons. The van der Waals surface area contributed by atoms with Crippen molar-refractivity contribution in [1.29, 1.82) is 5.26 Å². The lowest BCUT2D eigenvalue weighted by atomic mass is 10.1. The molecular formula is C13H13N3O3. The van der Waals surface area contributed by atoms with Crippen molar-refractivity contribution in [2.75, 3.05) is 6.61 Å². The van der Waals surface area contributed by atoms with Crippen LogP contribution in [0.3, 0.4) is 0 Å². The zero-order valence-corrected chi connectivity index (χ0v) is 10.9. The van der Waals surface area contributed by atoms with Crippen molar-refractivity contribution >= 4 is 11.5 Å². The average Bonchev–Trinajstić information content (AvgIpc) is 2.63. The molecule has 2 aromatic heterocycles. The summed E-state index contributed by atoms with van der Waals surface area (Å²) in [7, 11) is 0. The first kappa shape index (κ1) is 12.9. The Morgan fingerprint density at radius 3 is 2.79 bits per heavy atom. The van der Waals surface area contributed by atoms with Crippen LogP contribution >= 0.6 is 0 Å². The number of ether oxygens (including phenoxy) is 1. The third-order valence-corrected chi connectivity index (χ3v) is 3.05. The average molecular weight is 259 g/mol. The number of carbonyl (C=O) groups is 1. The van der Waals surface area contributed by atoms with Crippen LogP contribution in [0.1, 0.15) is 34.1 Å². The molecule has 6 nitrogen and oxygen atoms in total. The van der Waals surface area contributed by atoms with Gasteiger partial charge in [-0.2, -0.15) is 5.26 Å². The van der Waals surface area contributed by atoms with E-state index in [1.54, 1.807) is 20.8 Å². The van der Waals surface area contributed by atoms with Gasteiger partial charge in [0.15, 0.2) is 0 Å². The summed E-state index contributed by atoms with van der Waals surface area (Å²) in [5.74, 6) is -0.465. The molecule has 1 N–H and O–H groups in total. The van der Waals surface area contributed by atoms with Gasteiger partial charge in [0.1, 0.15) is 17.1 Å². The number of aromatic nitrogens is 2. The molecule has 19 heavy (non-hydrogen) atoms. The Kier molecular flexibility index (Phi) is 3.13. The number of nitrogens with one attached hydrogen (secondary N) is 1. The van der Waals surface area contributed by atoms with Gasteiger partial charge >= 0.3 is 5.97 Å². The lowest BCUT2D eigenvalue weighted by Crippen LogP contribution is -2.12. The van der Waals surface area contributed by atoms with Gasteiger partial charge in [0.2, 0.25) is 5.43 Å². The van der Waals surface area contributed by atoms with Crippen molar-refractivity contribution in [1.82, 2.24) is 9.61 Å². The number of nitrogens with zero attached hydrogens (tertiary/aromatic N) is 2. The van der Waals surface area contributed by atoms with Gasteiger partial charge < -0.3 is 4.74 Å². The van der Waals surface area contributed by atoms with E-state index in [1.807, 2.05) is 6.07 Å². The molecule has 0 amide bonds. The normalized spacial score (nSPS) is 10.4. The van der Waals surface area contributed by atoms with E-state index >= 15 is 0 Å². The van der Waals surface area contributed by atoms with E-state index in [-0.39, 0.29) is 12.2 Å². The molecule has 2 rings (SSSR count). The van der Waals surface area contributed by atoms with Crippen LogP contribution in [-0.2, 0) is 4.74 Å². The Morgan fingerprint density at radius 1 is 1.53 bits per heavy atom. The molecule has 0 aliphatic rings. The molecular weight excluding hydrogens is 246 g/mol. The Labute approximate surface area is 109 Å². The molecule has 0 unspecified atom stereocenters. The fourth-order valence-corrected chi connectivity index (χ4v) is 2.18. The summed E-state index contributed by atoms with van der Waals surface area (Å²) in [6, 6.07) is 1.82. The maximum atomic E-state index is 12.1. The topological polar surface area (TPSA) is 87.4 Å². The first-order chi connectivity index (χ1) is 9.02. The molecule has 0 fully saturated rings. The molecule has 2 heterocycles. The van der Waals surface area contributed by atoms with Crippen LogP contribution in [0.4, 0.5) is 0 Å². The van der Waals surface area contributed by atoms with E-state index in [9.17, 15) is 9.59 Å². The molecule has 2 aromatic rings. The molecule has 0 saturated carbocycles. The summed E-state index contributed by atoms with van der Waals surface area (Å²) in [4.78, 5) is 24.0. The number of aryl methyl sites for hydroxylation is 2. The van der Waals surface area contributed by atoms with Crippen molar-refractivity contribution in [3.8, 4) is 6.07 Å². The van der Waals surface area contributed by atoms with E-state index in [4.69, 9.17) is 10.00 Å². The van der Waals surface area contributed by atoms with Gasteiger partial charge in [-0.05, 0) is 26.3 Å². The zero-order chi connectivity index (χ0) is 14.2. The lowest BCUT2D eigenvalue weighted by molar-refractivity contribution is 0.0525. The number of nitriles is 1. The Balaban J connectivity index is 2.84. The summed E-state index contributed by atoms with van der Waals surface area (Å²) >= 11 is 0. The van der Waals surface area contributed by atoms with E-state index in [0.29, 0.717) is 22.3 Å². The smallest absolute Gasteiger partial charge is 0.340 e. The van der Waals surface area contributed by atoms with Crippen LogP contribution in [0.5, 0.6) is 0 Å². The SMILES string of the molecule is CCOC(=O)c1c(C)c2c(=O)c(C#N)c[nH]n2c1C. The number of hydrogen-bond acceptors (Lipinski definition) is 4. The molecule has 0 aromatic carbocycles. The Hall–Kier alpha value is -2.55. The van der Waals surface area contributed by atoms with E-state index in [2.05, 4.69) is 5.10 Å². The van der Waals surface area contributed by atoms with Crippen molar-refractivity contribution in [3.05, 3.63) is 38.8 Å². The monoisotopic (exact) mass is 259 g/mol. The third-order valence-electron chi connectivity index (χ3n) is 3.05. The van der Waals surface area contributed by atoms with Gasteiger partial charge in [0.25, 0.3) is 0 Å². The largest absolute Gasteiger partial charge is 0.462 e. The lowest BCUT2D eigenvalue weighted by Gasteiger charge is -2.01. The van der Waals surface area contributed by atoms with Crippen molar-refractivity contribution in [2.45, 2.75) is 20.8 Å². The number of H-pyrrole nitrogens is 1. The Morgan fingerprint density at radius 2 is 2.21 bits per heavy atom. The van der Waals surface area contributed by atoms with Crippen LogP contribution in [0.15, 0.2) is 11.0 Å². The first-order valence-corrected chi connectivity index (χ1v) is 5.83. The van der Waals surface area contributed by atoms with Crippen LogP contribution in [0, 0.1) is 25.2 Å². The minimum Gasteiger partial charge on any atom is -0.462 e. The molecule has 98 valence electrons. The van der Waals surface area contributed by atoms with Gasteiger partial charge in [0.05, 0.1) is 17.9 Å². The summed E-state index contributed by atoms with van der Waals surface area (Å²) < 4.78 is 6.49. The van der Waals surface area contributed by atoms with E-state index in [1.165, 1.54) is 10.7 Å². The minimum atomic E-state index is -0.465. The number of rotatable bonds is 2. The summed E-state index contributed by atoms with van der Waals surface area (Å²) in [6.45, 7) is 5.37. The maximum absolute atomic E-state index is 12.1. The fourth-order valence-electron chi connectivity index (χ4n) is 2.18. The first-order valence-electron chi connectivity index (χ1n) is 5.83. The summed E-state index contributed by atoms with van der Waals surface area (Å²) in [5, 5.41) is 11.7. The second-order valence-corrected chi connectivity index (χ2v) is 4.12. The number of hydrogen-bond donors (Lipinski definition) is 1. The van der Waals surface area contributed by atoms with Crippen LogP contribution in [0.25, 0.3) is 5.52 Å². The highest BCUT2D eigenvalue weighted by Gasteiger charge is 2.22. The van der Waals surface area contributed by atoms with Crippen molar-refractivity contribution in [2.24, 2.45) is 0 Å². The van der Waals surface area contributed by atoms with Crippen LogP contribution in [-0.4, -0.2) is 22.2 Å². The second kappa shape index (κ2) is 4.61. The van der Waals surface area contributed by atoms with E-state index in [0.717, 1.165) is 0 Å². The number of esters is 1. The van der Waals surface area contributed by atoms with Gasteiger partial charge in [-0.25, -0.2) is 4.79 Å². The molecule has 0 spiro atoms. The molecule has 6 heteroatoms. The van der Waals surface area contributed by atoms with Gasteiger partial charge in [-0.3, -0.25) is 14.4 Å².